The molecule has 3 N–H and O–H groups in total. The van der Waals surface area contributed by atoms with Crippen molar-refractivity contribution in [3.05, 3.63) is 77.9 Å². The van der Waals surface area contributed by atoms with E-state index in [2.05, 4.69) is 37.3 Å². The summed E-state index contributed by atoms with van der Waals surface area (Å²) in [6.45, 7) is 4.11. The predicted molar refractivity (Wildman–Crippen MR) is 122 cm³/mol. The van der Waals surface area contributed by atoms with Crippen LogP contribution in [0.3, 0.4) is 0 Å². The lowest BCUT2D eigenvalue weighted by Crippen LogP contribution is -2.44. The van der Waals surface area contributed by atoms with Crippen LogP contribution in [0, 0.1) is 0 Å². The van der Waals surface area contributed by atoms with Crippen molar-refractivity contribution in [1.29, 1.82) is 0 Å². The number of halogens is 3. The first-order valence-corrected chi connectivity index (χ1v) is 10.7. The van der Waals surface area contributed by atoms with E-state index in [0.29, 0.717) is 11.4 Å². The quantitative estimate of drug-likeness (QED) is 0.504. The lowest BCUT2D eigenvalue weighted by molar-refractivity contribution is -0.192. The van der Waals surface area contributed by atoms with Gasteiger partial charge in [-0.1, -0.05) is 30.3 Å². The number of alkyl halides is 3. The maximum atomic E-state index is 12.9. The van der Waals surface area contributed by atoms with Gasteiger partial charge in [0.05, 0.1) is 0 Å². The van der Waals surface area contributed by atoms with Crippen molar-refractivity contribution in [2.24, 2.45) is 0 Å². The summed E-state index contributed by atoms with van der Waals surface area (Å²) in [4.78, 5) is 30.7. The van der Waals surface area contributed by atoms with Crippen molar-refractivity contribution in [3.8, 4) is 0 Å². The van der Waals surface area contributed by atoms with Crippen LogP contribution in [-0.4, -0.2) is 76.5 Å². The summed E-state index contributed by atoms with van der Waals surface area (Å²) < 4.78 is 31.7. The van der Waals surface area contributed by atoms with Gasteiger partial charge in [0, 0.05) is 37.4 Å². The van der Waals surface area contributed by atoms with Gasteiger partial charge in [-0.2, -0.15) is 18.3 Å². The van der Waals surface area contributed by atoms with E-state index in [4.69, 9.17) is 9.90 Å². The van der Waals surface area contributed by atoms with Gasteiger partial charge in [-0.15, -0.1) is 0 Å². The highest BCUT2D eigenvalue weighted by Crippen LogP contribution is 2.21. The Morgan fingerprint density at radius 1 is 1.03 bits per heavy atom. The maximum absolute atomic E-state index is 12.9. The fourth-order valence-electron chi connectivity index (χ4n) is 3.41. The number of aromatic amines is 1. The third kappa shape index (κ3) is 7.27. The van der Waals surface area contributed by atoms with Crippen molar-refractivity contribution < 1.29 is 27.9 Å². The van der Waals surface area contributed by atoms with E-state index in [1.54, 1.807) is 0 Å². The Labute approximate surface area is 199 Å². The number of rotatable bonds is 5. The van der Waals surface area contributed by atoms with Gasteiger partial charge in [0.25, 0.3) is 5.91 Å². The molecule has 3 aromatic rings. The molecule has 0 saturated carbocycles. The second-order valence-electron chi connectivity index (χ2n) is 7.83. The SMILES string of the molecule is CN1CCN(c2ccc(C(=O)NC(c3ccccc3)c3ncn[nH]3)cc2)CC1.O=C(O)C(F)(F)F. The van der Waals surface area contributed by atoms with E-state index in [-0.39, 0.29) is 11.9 Å². The number of carbonyl (C=O) groups excluding carboxylic acids is 1. The number of anilines is 1. The minimum Gasteiger partial charge on any atom is -0.475 e. The van der Waals surface area contributed by atoms with Crippen LogP contribution in [-0.2, 0) is 4.79 Å². The smallest absolute Gasteiger partial charge is 0.475 e. The third-order valence-electron chi connectivity index (χ3n) is 5.36. The number of carbonyl (C=O) groups is 2. The molecule has 1 saturated heterocycles. The van der Waals surface area contributed by atoms with Gasteiger partial charge in [0.1, 0.15) is 12.4 Å². The molecule has 1 aromatic heterocycles. The molecular formula is C23H25F3N6O3. The second kappa shape index (κ2) is 11.5. The van der Waals surface area contributed by atoms with Crippen molar-refractivity contribution in [2.75, 3.05) is 38.1 Å². The highest BCUT2D eigenvalue weighted by molar-refractivity contribution is 5.95. The van der Waals surface area contributed by atoms with Gasteiger partial charge >= 0.3 is 12.1 Å². The summed E-state index contributed by atoms with van der Waals surface area (Å²) in [5.74, 6) is -2.30. The first-order chi connectivity index (χ1) is 16.6. The Kier molecular flexibility index (Phi) is 8.42. The highest BCUT2D eigenvalue weighted by Gasteiger charge is 2.38. The minimum atomic E-state index is -5.08. The Bertz CT molecular complexity index is 1080. The van der Waals surface area contributed by atoms with Gasteiger partial charge in [0.15, 0.2) is 5.82 Å². The van der Waals surface area contributed by atoms with Gasteiger partial charge in [-0.25, -0.2) is 9.78 Å². The van der Waals surface area contributed by atoms with Gasteiger partial charge in [-0.05, 0) is 36.9 Å². The molecule has 9 nitrogen and oxygen atoms in total. The molecule has 12 heteroatoms. The fourth-order valence-corrected chi connectivity index (χ4v) is 3.41. The number of H-pyrrole nitrogens is 1. The molecule has 1 atom stereocenters. The Balaban J connectivity index is 0.000000429. The number of carboxylic acid groups (broad SMARTS) is 1. The number of carboxylic acids is 1. The number of likely N-dealkylation sites (N-methyl/N-ethyl adjacent to an activating group) is 1. The first kappa shape index (κ1) is 25.7. The van der Waals surface area contributed by atoms with Crippen LogP contribution in [0.2, 0.25) is 0 Å². The number of aromatic nitrogens is 3. The number of hydrogen-bond acceptors (Lipinski definition) is 6. The summed E-state index contributed by atoms with van der Waals surface area (Å²) >= 11 is 0. The molecular weight excluding hydrogens is 465 g/mol. The molecule has 1 unspecified atom stereocenters. The number of aliphatic carboxylic acids is 1. The van der Waals surface area contributed by atoms with Gasteiger partial charge < -0.3 is 20.2 Å². The molecule has 0 bridgehead atoms. The van der Waals surface area contributed by atoms with Crippen LogP contribution in [0.5, 0.6) is 0 Å². The minimum absolute atomic E-state index is 0.143. The highest BCUT2D eigenvalue weighted by atomic mass is 19.4. The molecule has 0 radical (unpaired) electrons. The molecule has 0 aliphatic carbocycles. The van der Waals surface area contributed by atoms with E-state index >= 15 is 0 Å². The molecule has 1 aliphatic heterocycles. The Hall–Kier alpha value is -3.93. The van der Waals surface area contributed by atoms with E-state index in [1.165, 1.54) is 6.33 Å². The lowest BCUT2D eigenvalue weighted by atomic mass is 10.1. The van der Waals surface area contributed by atoms with Crippen molar-refractivity contribution in [2.45, 2.75) is 12.2 Å². The van der Waals surface area contributed by atoms with Crippen LogP contribution in [0.1, 0.15) is 27.8 Å². The van der Waals surface area contributed by atoms with E-state index in [1.807, 2.05) is 54.6 Å². The van der Waals surface area contributed by atoms with Crippen LogP contribution >= 0.6 is 0 Å². The molecule has 1 aliphatic rings. The average molecular weight is 490 g/mol. The maximum Gasteiger partial charge on any atom is 0.490 e. The molecule has 35 heavy (non-hydrogen) atoms. The van der Waals surface area contributed by atoms with E-state index in [9.17, 15) is 18.0 Å². The zero-order valence-corrected chi connectivity index (χ0v) is 18.9. The first-order valence-electron chi connectivity index (χ1n) is 10.7. The molecule has 0 spiro atoms. The van der Waals surface area contributed by atoms with Crippen molar-refractivity contribution in [3.63, 3.8) is 0 Å². The van der Waals surface area contributed by atoms with Crippen molar-refractivity contribution >= 4 is 17.6 Å². The zero-order valence-electron chi connectivity index (χ0n) is 18.9. The molecule has 1 fully saturated rings. The summed E-state index contributed by atoms with van der Waals surface area (Å²) in [6.07, 6.45) is -3.64. The summed E-state index contributed by atoms with van der Waals surface area (Å²) in [5, 5.41) is 17.0. The zero-order chi connectivity index (χ0) is 25.4. The monoisotopic (exact) mass is 490 g/mol. The molecule has 1 amide bonds. The molecule has 2 heterocycles. The topological polar surface area (TPSA) is 114 Å². The number of benzene rings is 2. The molecule has 4 rings (SSSR count). The number of amides is 1. The normalized spacial score (nSPS) is 15.0. The number of piperazine rings is 1. The Morgan fingerprint density at radius 3 is 2.14 bits per heavy atom. The fraction of sp³-hybridized carbons (Fsp3) is 0.304. The van der Waals surface area contributed by atoms with Crippen molar-refractivity contribution in [1.82, 2.24) is 25.4 Å². The number of hydrogen-bond donors (Lipinski definition) is 3. The predicted octanol–water partition coefficient (Wildman–Crippen LogP) is 2.71. The van der Waals surface area contributed by atoms with Gasteiger partial charge in [-0.3, -0.25) is 9.89 Å². The third-order valence-corrected chi connectivity index (χ3v) is 5.36. The van der Waals surface area contributed by atoms with E-state index < -0.39 is 12.1 Å². The molecule has 186 valence electrons. The van der Waals surface area contributed by atoms with Crippen LogP contribution in [0.4, 0.5) is 18.9 Å². The van der Waals surface area contributed by atoms with Gasteiger partial charge in [0.2, 0.25) is 0 Å². The lowest BCUT2D eigenvalue weighted by Gasteiger charge is -2.34. The summed E-state index contributed by atoms with van der Waals surface area (Å²) in [7, 11) is 2.14. The second-order valence-corrected chi connectivity index (χ2v) is 7.83. The standard InChI is InChI=1S/C21H24N6O.C2HF3O2/c1-26-11-13-27(14-12-26)18-9-7-17(8-10-18)21(28)24-19(20-22-15-23-25-20)16-5-3-2-4-6-16;3-2(4,5)1(6)7/h2-10,15,19H,11-14H2,1H3,(H,24,28)(H,22,23,25);(H,6,7). The van der Waals surface area contributed by atoms with Crippen LogP contribution < -0.4 is 10.2 Å². The van der Waals surface area contributed by atoms with E-state index in [0.717, 1.165) is 37.4 Å². The van der Waals surface area contributed by atoms with Crippen LogP contribution in [0.25, 0.3) is 0 Å². The summed E-state index contributed by atoms with van der Waals surface area (Å²) in [6, 6.07) is 17.2. The largest absolute Gasteiger partial charge is 0.490 e. The average Bonchev–Trinajstić information content (AvgIpc) is 3.38. The Morgan fingerprint density at radius 2 is 1.63 bits per heavy atom. The number of nitrogens with one attached hydrogen (secondary N) is 2. The summed E-state index contributed by atoms with van der Waals surface area (Å²) in [5.41, 5.74) is 2.72. The molecule has 2 aromatic carbocycles. The van der Waals surface area contributed by atoms with Crippen LogP contribution in [0.15, 0.2) is 60.9 Å². The number of nitrogens with zero attached hydrogens (tertiary/aromatic N) is 4.